The zero-order valence-electron chi connectivity index (χ0n) is 5.54. The molecule has 0 saturated heterocycles. The summed E-state index contributed by atoms with van der Waals surface area (Å²) in [4.78, 5) is 0. The molecular formula is H6MoO12-6. The summed E-state index contributed by atoms with van der Waals surface area (Å²) in [7, 11) is 0. The largest absolute Gasteiger partial charge is 0.727 e. The predicted octanol–water partition coefficient (Wildman–Crippen LogP) is -7.08. The first-order valence-electron chi connectivity index (χ1n) is 1.10. The predicted molar refractivity (Wildman–Crippen MR) is 15.8 cm³/mol. The minimum atomic E-state index is 0. The van der Waals surface area contributed by atoms with Crippen molar-refractivity contribution in [1.82, 2.24) is 0 Å². The molecule has 0 aliphatic carbocycles. The molecule has 0 amide bonds. The molecule has 6 N–H and O–H groups in total. The van der Waals surface area contributed by atoms with Crippen LogP contribution in [0.4, 0.5) is 0 Å². The van der Waals surface area contributed by atoms with Gasteiger partial charge in [-0.1, -0.05) is 0 Å². The van der Waals surface area contributed by atoms with E-state index >= 15 is 0 Å². The van der Waals surface area contributed by atoms with Crippen molar-refractivity contribution in [2.75, 3.05) is 0 Å². The monoisotopic (exact) mass is 296 g/mol. The van der Waals surface area contributed by atoms with Gasteiger partial charge in [0.05, 0.1) is 0 Å². The molecule has 0 aliphatic rings. The zero-order valence-corrected chi connectivity index (χ0v) is 7.55. The molecule has 0 atom stereocenters. The fourth-order valence-corrected chi connectivity index (χ4v) is 0. The first-order chi connectivity index (χ1) is 6.00. The molecule has 0 rings (SSSR count). The van der Waals surface area contributed by atoms with Crippen LogP contribution in [0.5, 0.6) is 0 Å². The Labute approximate surface area is 84.9 Å². The normalized spacial score (nSPS) is 2.77. The van der Waals surface area contributed by atoms with Gasteiger partial charge >= 0.3 is 0 Å². The van der Waals surface area contributed by atoms with Crippen LogP contribution < -0.4 is 31.5 Å². The molecule has 0 fully saturated rings. The van der Waals surface area contributed by atoms with Gasteiger partial charge in [-0.3, -0.25) is 0 Å². The van der Waals surface area contributed by atoms with E-state index in [2.05, 4.69) is 0 Å². The van der Waals surface area contributed by atoms with Gasteiger partial charge in [0.1, 0.15) is 0 Å². The maximum Gasteiger partial charge on any atom is 0 e. The second-order valence-electron chi connectivity index (χ2n) is 0. The van der Waals surface area contributed by atoms with E-state index in [1.165, 1.54) is 0 Å². The van der Waals surface area contributed by atoms with Gasteiger partial charge in [-0.25, -0.2) is 0 Å². The molecule has 90 valence electrons. The van der Waals surface area contributed by atoms with E-state index in [4.69, 9.17) is 63.1 Å². The van der Waals surface area contributed by atoms with Crippen LogP contribution in [0.3, 0.4) is 0 Å². The molecular weight excluding hydrogens is 288 g/mol. The maximum atomic E-state index is 7.25. The molecule has 0 aromatic carbocycles. The van der Waals surface area contributed by atoms with Gasteiger partial charge in [-0.2, -0.15) is 0 Å². The van der Waals surface area contributed by atoms with Gasteiger partial charge in [-0.15, -0.1) is 0 Å². The summed E-state index contributed by atoms with van der Waals surface area (Å²) in [5.74, 6) is 0. The van der Waals surface area contributed by atoms with Crippen LogP contribution in [0.25, 0.3) is 0 Å². The fraction of sp³-hybridized carbons (Fsp3) is 0. The average molecular weight is 294 g/mol. The van der Waals surface area contributed by atoms with Crippen LogP contribution in [0.15, 0.2) is 0 Å². The molecule has 0 bridgehead atoms. The van der Waals surface area contributed by atoms with E-state index < -0.39 is 0 Å². The Hall–Kier alpha value is 0.208. The van der Waals surface area contributed by atoms with Gasteiger partial charge in [0.15, 0.2) is 0 Å². The van der Waals surface area contributed by atoms with Crippen LogP contribution in [0.2, 0.25) is 0 Å². The Morgan fingerprint density at radius 3 is 0.308 bits per heavy atom. The summed E-state index contributed by atoms with van der Waals surface area (Å²) in [5.41, 5.74) is 0. The Morgan fingerprint density at radius 1 is 0.308 bits per heavy atom. The van der Waals surface area contributed by atoms with E-state index in [0.717, 1.165) is 0 Å². The average Bonchev–Trinajstić information content (AvgIpc) is 2.33. The third-order valence-corrected chi connectivity index (χ3v) is 0. The van der Waals surface area contributed by atoms with Crippen LogP contribution >= 0.6 is 0 Å². The molecule has 0 aromatic heterocycles. The molecule has 0 radical (unpaired) electrons. The van der Waals surface area contributed by atoms with Crippen molar-refractivity contribution in [1.29, 1.82) is 0 Å². The molecule has 0 saturated carbocycles. The molecule has 0 aliphatic heterocycles. The number of hydrogen-bond donors (Lipinski definition) is 6. The standard InChI is InChI=1S/Mo.6H2O2/c;6*1-2/h;6*1-2H/p-6. The second-order valence-corrected chi connectivity index (χ2v) is 0. The summed E-state index contributed by atoms with van der Waals surface area (Å²) >= 11 is 0. The molecule has 13 heteroatoms. The van der Waals surface area contributed by atoms with Crippen molar-refractivity contribution in [3.05, 3.63) is 0 Å². The van der Waals surface area contributed by atoms with Gasteiger partial charge in [0.25, 0.3) is 0 Å². The maximum absolute atomic E-state index is 7.25. The zero-order chi connectivity index (χ0) is 12.0. The number of rotatable bonds is 0. The Balaban J connectivity index is -0.00000000655. The minimum absolute atomic E-state index is 0. The van der Waals surface area contributed by atoms with Crippen molar-refractivity contribution in [3.63, 3.8) is 0 Å². The van der Waals surface area contributed by atoms with Crippen LogP contribution in [-0.4, -0.2) is 31.5 Å². The first-order valence-corrected chi connectivity index (χ1v) is 1.10. The SMILES string of the molecule is [Mo].[O-]O.[O-]O.[O-]O.[O-]O.[O-]O.[O-]O. The summed E-state index contributed by atoms with van der Waals surface area (Å²) in [6, 6.07) is 0. The van der Waals surface area contributed by atoms with E-state index in [-0.39, 0.29) is 21.1 Å². The van der Waals surface area contributed by atoms with Crippen LogP contribution in [0.1, 0.15) is 0 Å². The van der Waals surface area contributed by atoms with Gasteiger partial charge in [0.2, 0.25) is 0 Å². The number of hydrogen-bond acceptors (Lipinski definition) is 12. The van der Waals surface area contributed by atoms with Gasteiger partial charge in [-0.05, 0) is 0 Å². The third kappa shape index (κ3) is 29300. The summed E-state index contributed by atoms with van der Waals surface area (Å²) in [5, 5.41) is 78.0. The summed E-state index contributed by atoms with van der Waals surface area (Å²) in [6.07, 6.45) is 0. The molecule has 0 heterocycles. The van der Waals surface area contributed by atoms with Gasteiger partial charge < -0.3 is 63.1 Å². The minimum Gasteiger partial charge on any atom is -0.727 e. The van der Waals surface area contributed by atoms with E-state index in [0.29, 0.717) is 0 Å². The van der Waals surface area contributed by atoms with E-state index in [1.807, 2.05) is 0 Å². The van der Waals surface area contributed by atoms with Crippen molar-refractivity contribution in [3.8, 4) is 0 Å². The smallest absolute Gasteiger partial charge is 0 e. The van der Waals surface area contributed by atoms with Crippen molar-refractivity contribution >= 4 is 0 Å². The van der Waals surface area contributed by atoms with Crippen molar-refractivity contribution in [2.45, 2.75) is 0 Å². The summed E-state index contributed by atoms with van der Waals surface area (Å²) < 4.78 is 0. The topological polar surface area (TPSA) is 260 Å². The van der Waals surface area contributed by atoms with Crippen molar-refractivity contribution in [2.24, 2.45) is 0 Å². The van der Waals surface area contributed by atoms with Crippen molar-refractivity contribution < 1.29 is 84.2 Å². The Morgan fingerprint density at radius 2 is 0.308 bits per heavy atom. The molecule has 0 aromatic rings. The first kappa shape index (κ1) is 51.1. The van der Waals surface area contributed by atoms with E-state index in [9.17, 15) is 0 Å². The summed E-state index contributed by atoms with van der Waals surface area (Å²) in [6.45, 7) is 0. The van der Waals surface area contributed by atoms with E-state index in [1.54, 1.807) is 0 Å². The molecule has 0 spiro atoms. The quantitative estimate of drug-likeness (QED) is 0.138. The third-order valence-electron chi connectivity index (χ3n) is 0. The molecule has 0 unspecified atom stereocenters. The van der Waals surface area contributed by atoms with Crippen LogP contribution in [-0.2, 0) is 21.1 Å². The Bertz CT molecular complexity index is 5.09. The molecule has 12 nitrogen and oxygen atoms in total. The molecule has 13 heavy (non-hydrogen) atoms. The fourth-order valence-electron chi connectivity index (χ4n) is 0. The van der Waals surface area contributed by atoms with Gasteiger partial charge in [0, 0.05) is 21.1 Å². The Kier molecular flexibility index (Phi) is 139000. The van der Waals surface area contributed by atoms with Crippen LogP contribution in [0, 0.1) is 0 Å². The second kappa shape index (κ2) is 35300.